The summed E-state index contributed by atoms with van der Waals surface area (Å²) in [5, 5.41) is 12.3. The summed E-state index contributed by atoms with van der Waals surface area (Å²) >= 11 is 0. The molecule has 770 valence electrons. The fraction of sp³-hybridized carbons (Fsp3) is 0.400. The van der Waals surface area contributed by atoms with Crippen molar-refractivity contribution in [3.63, 3.8) is 0 Å². The Bertz CT molecular complexity index is 6430. The Labute approximate surface area is 832 Å². The van der Waals surface area contributed by atoms with Crippen LogP contribution in [0.5, 0.6) is 46.0 Å². The van der Waals surface area contributed by atoms with Crippen LogP contribution in [0, 0.1) is 64.8 Å². The molecule has 7 N–H and O–H groups in total. The average molecular weight is 2010 g/mol. The Balaban J connectivity index is 0.000000227. The van der Waals surface area contributed by atoms with Crippen molar-refractivity contribution >= 4 is 79.5 Å². The number of nitrogens with two attached hydrogens (primary N) is 2. The molecule has 38 heteroatoms. The topological polar surface area (TPSA) is 388 Å². The van der Waals surface area contributed by atoms with Crippen LogP contribution in [-0.4, -0.2) is 197 Å². The van der Waals surface area contributed by atoms with Gasteiger partial charge < -0.3 is 87.7 Å². The first-order valence-corrected chi connectivity index (χ1v) is 46.3. The summed E-state index contributed by atoms with van der Waals surface area (Å²) in [6, 6.07) is 31.6. The first-order valence-electron chi connectivity index (χ1n) is 46.3. The zero-order valence-electron chi connectivity index (χ0n) is 84.1. The molecule has 0 saturated heterocycles. The first-order chi connectivity index (χ1) is 67.4. The molecular formula is C105H126ClF7N12O18. The number of ketones is 4. The lowest BCUT2D eigenvalue weighted by molar-refractivity contribution is -0.902. The first kappa shape index (κ1) is 115. The lowest BCUT2D eigenvalue weighted by Crippen LogP contribution is -3.14. The number of benzene rings is 8. The normalized spacial score (nSPS) is 12.3. The van der Waals surface area contributed by atoms with Crippen molar-refractivity contribution in [3.8, 4) is 46.0 Å². The maximum absolute atomic E-state index is 13.3. The molecule has 8 aromatic carbocycles. The summed E-state index contributed by atoms with van der Waals surface area (Å²) < 4.78 is 157. The molecule has 5 unspecified atom stereocenters. The molecule has 0 spiro atoms. The highest BCUT2D eigenvalue weighted by molar-refractivity contribution is 6.08. The van der Waals surface area contributed by atoms with Gasteiger partial charge in [0.15, 0.2) is 77.0 Å². The Morgan fingerprint density at radius 1 is 0.448 bits per heavy atom. The van der Waals surface area contributed by atoms with Crippen LogP contribution in [0.25, 0.3) is 44.4 Å². The number of aryl methyl sites for hydroxylation is 6. The van der Waals surface area contributed by atoms with Gasteiger partial charge >= 0.3 is 12.1 Å². The van der Waals surface area contributed by atoms with Crippen molar-refractivity contribution in [2.75, 3.05) is 115 Å². The van der Waals surface area contributed by atoms with Crippen LogP contribution in [-0.2, 0) is 11.2 Å². The Morgan fingerprint density at radius 3 is 1.06 bits per heavy atom. The molecule has 0 fully saturated rings. The number of aromatic nitrogens is 5. The summed E-state index contributed by atoms with van der Waals surface area (Å²) in [5.41, 5.74) is 24.5. The van der Waals surface area contributed by atoms with Gasteiger partial charge in [0, 0.05) is 45.2 Å². The second-order valence-corrected chi connectivity index (χ2v) is 34.9. The number of nitrogens with zero attached hydrogens (tertiary/aromatic N) is 7. The van der Waals surface area contributed by atoms with Crippen LogP contribution in [0.2, 0.25) is 0 Å². The van der Waals surface area contributed by atoms with Gasteiger partial charge in [0.1, 0.15) is 71.1 Å². The molecule has 30 nitrogen and oxygen atoms in total. The zero-order chi connectivity index (χ0) is 104. The standard InChI is InChI=1S/C28H39FN4O4.C27H27FN2O4.C24H29FN4O4.C24H29FN2O4.C2HF3O2.ClH/c1-17(21-9-11-22(29)12-10-21)13-15-35-27-25(36-16-14-30-28(32(5)6)33(7)8)23(19(3)34)18(2)24-26(27)37-20(4)31-24;1-17(20-7-9-21(28)10-8-20)11-14-33-27-25(32-15-12-22-6-4-5-13-29-22)23(19(3)31)18(2)24-26(27)34-16-30-24;1-13(17-5-7-18(25)8-6-17)9-11-31-23-21(32-12-10-28-24(26)27)19(15(3)30)14(2)20-22(23)33-16(4)29-20;1-15(18-6-8-19(25)9-7-18)10-12-29-24-22(30-13-11-27(4)5)20(17(3)28)16(2)21-23(24)31-14-26-21;3-2(4,5)1(6)7;/h9-12,17,28,30H,13-16H2,1-8H3;4-10,13,16-17H,11-12,14-15H2,1-3H3;5-8,13H,9-12H2,1-4H3,(H4,26,27,28);6-9,14-15H,10-13H2,1-5H3;(H,6,7);1H. The highest BCUT2D eigenvalue weighted by Crippen LogP contribution is 2.48. The Hall–Kier alpha value is -13.8. The molecule has 143 heavy (non-hydrogen) atoms. The number of fused-ring (bicyclic) bond motifs is 4. The smallest absolute Gasteiger partial charge is 0.430 e. The second kappa shape index (κ2) is 53.9. The van der Waals surface area contributed by atoms with Gasteiger partial charge in [-0.05, 0) is 238 Å². The van der Waals surface area contributed by atoms with E-state index in [4.69, 9.17) is 76.9 Å². The third kappa shape index (κ3) is 31.6. The number of nitrogens with one attached hydrogen (secondary N) is 3. The van der Waals surface area contributed by atoms with E-state index in [-0.39, 0.29) is 101 Å². The Morgan fingerprint density at radius 2 is 0.762 bits per heavy atom. The number of guanidine groups is 1. The third-order valence-corrected chi connectivity index (χ3v) is 23.2. The number of carboxylic acid groups (broad SMARTS) is 1. The van der Waals surface area contributed by atoms with Crippen LogP contribution in [0.4, 0.5) is 30.7 Å². The molecule has 0 saturated carbocycles. The molecule has 13 aromatic rings. The molecule has 13 rings (SSSR count). The molecule has 5 heterocycles. The summed E-state index contributed by atoms with van der Waals surface area (Å²) in [5.74, 6) is -0.0719. The quantitative estimate of drug-likeness (QED) is 0.00592. The number of alkyl halides is 3. The van der Waals surface area contributed by atoms with Crippen molar-refractivity contribution in [1.82, 2.24) is 40.0 Å². The van der Waals surface area contributed by atoms with Crippen molar-refractivity contribution in [2.24, 2.45) is 11.5 Å². The van der Waals surface area contributed by atoms with E-state index in [1.807, 2.05) is 79.0 Å². The number of aliphatic carboxylic acids is 1. The van der Waals surface area contributed by atoms with Gasteiger partial charge in [-0.1, -0.05) is 82.3 Å². The van der Waals surface area contributed by atoms with E-state index in [1.165, 1.54) is 93.9 Å². The number of pyridine rings is 1. The van der Waals surface area contributed by atoms with Crippen LogP contribution in [0.3, 0.4) is 0 Å². The molecule has 0 amide bonds. The summed E-state index contributed by atoms with van der Waals surface area (Å²) in [6.07, 6.45) is 2.63. The van der Waals surface area contributed by atoms with E-state index < -0.39 is 12.1 Å². The molecule has 0 aliphatic carbocycles. The Kier molecular flexibility index (Phi) is 43.2. The fourth-order valence-corrected chi connectivity index (χ4v) is 15.7. The van der Waals surface area contributed by atoms with E-state index in [9.17, 15) is 49.9 Å². The van der Waals surface area contributed by atoms with Gasteiger partial charge in [0.2, 0.25) is 45.3 Å². The van der Waals surface area contributed by atoms with Crippen LogP contribution >= 0.6 is 0 Å². The average Bonchev–Trinajstić information content (AvgIpc) is 1.77. The maximum Gasteiger partial charge on any atom is 0.430 e. The lowest BCUT2D eigenvalue weighted by atomic mass is 9.98. The number of carboxylic acids is 1. The van der Waals surface area contributed by atoms with Crippen LogP contribution < -0.4 is 82.1 Å². The second-order valence-electron chi connectivity index (χ2n) is 34.9. The number of carbonyl (C=O) groups is 5. The van der Waals surface area contributed by atoms with Crippen molar-refractivity contribution in [1.29, 1.82) is 0 Å². The van der Waals surface area contributed by atoms with E-state index in [1.54, 1.807) is 75.5 Å². The number of halogens is 8. The minimum absolute atomic E-state index is 0. The highest BCUT2D eigenvalue weighted by Gasteiger charge is 2.34. The largest absolute Gasteiger partial charge is 1.00 e. The van der Waals surface area contributed by atoms with Crippen molar-refractivity contribution < 1.29 is 138 Å². The lowest BCUT2D eigenvalue weighted by Gasteiger charge is -2.28. The number of oxazole rings is 4. The number of carbonyl (C=O) groups excluding carboxylic acids is 5. The third-order valence-electron chi connectivity index (χ3n) is 23.2. The molecule has 0 aliphatic rings. The van der Waals surface area contributed by atoms with E-state index in [0.717, 1.165) is 27.9 Å². The number of hydrogen-bond donors (Lipinski definition) is 5. The number of rotatable bonds is 43. The van der Waals surface area contributed by atoms with Crippen LogP contribution in [0.15, 0.2) is 152 Å². The van der Waals surface area contributed by atoms with Crippen LogP contribution in [0.1, 0.15) is 208 Å². The van der Waals surface area contributed by atoms with E-state index >= 15 is 0 Å². The molecule has 0 aliphatic heterocycles. The van der Waals surface area contributed by atoms with Gasteiger partial charge in [-0.2, -0.15) is 13.2 Å². The predicted molar refractivity (Wildman–Crippen MR) is 521 cm³/mol. The van der Waals surface area contributed by atoms with E-state index in [0.29, 0.717) is 245 Å². The number of Topliss-reactive ketones (excluding diaryl/α,β-unsaturated/α-hetero) is 4. The van der Waals surface area contributed by atoms with Crippen molar-refractivity contribution in [2.45, 2.75) is 165 Å². The summed E-state index contributed by atoms with van der Waals surface area (Å²) in [6.45, 7) is 29.3. The van der Waals surface area contributed by atoms with Gasteiger partial charge in [-0.25, -0.2) is 42.4 Å². The van der Waals surface area contributed by atoms with E-state index in [2.05, 4.69) is 75.0 Å². The minimum atomic E-state index is -5.19. The molecule has 0 bridgehead atoms. The SMILES string of the molecule is CC(=O)c1c(OCCN(C)C)c(OCCC(C)c2ccc(F)cc2)c2ocnc2c1C.CC(=O)c1c(OCCNC(N(C)C)[NH+](C)C)c(OCCC(C)c2ccc(F)cc2)c2oc(C)nc2c1C.CC(=O)c1c(OCC[NH+]=C(N)N)c(OCCC(C)c2ccc(F)cc2)c2oc(C)nc2c1C.CC(=O)c1c(OCCc2ccccn2)c(OCCC(C)c2ccc(F)cc2)c2ocnc2c1C.O=C([O-])C(F)(F)F.[Cl-]. The number of likely N-dealkylation sites (N-methyl/N-ethyl adjacent to an activating group) is 1. The fourth-order valence-electron chi connectivity index (χ4n) is 15.7. The summed E-state index contributed by atoms with van der Waals surface area (Å²) in [7, 11) is 12.1. The van der Waals surface area contributed by atoms with Gasteiger partial charge in [0.25, 0.3) is 0 Å². The molecule has 5 atom stereocenters. The maximum atomic E-state index is 13.3. The molecular weight excluding hydrogens is 1890 g/mol. The minimum Gasteiger partial charge on any atom is -1.00 e. The number of quaternary nitrogens is 1. The number of ether oxygens (including phenoxy) is 8. The monoisotopic (exact) mass is 2010 g/mol. The molecule has 0 radical (unpaired) electrons. The predicted octanol–water partition coefficient (Wildman–Crippen LogP) is 12.8. The number of hydrogen-bond acceptors (Lipinski definition) is 26. The van der Waals surface area contributed by atoms with Gasteiger partial charge in [0.05, 0.1) is 75.9 Å². The zero-order valence-corrected chi connectivity index (χ0v) is 84.8. The highest BCUT2D eigenvalue weighted by atomic mass is 35.5. The van der Waals surface area contributed by atoms with Gasteiger partial charge in [-0.15, -0.1) is 0 Å². The van der Waals surface area contributed by atoms with Crippen molar-refractivity contribution in [3.05, 3.63) is 242 Å². The summed E-state index contributed by atoms with van der Waals surface area (Å²) in [4.78, 5) is 89.1. The molecule has 5 aromatic heterocycles. The van der Waals surface area contributed by atoms with Gasteiger partial charge in [-0.3, -0.25) is 45.9 Å².